The van der Waals surface area contributed by atoms with Gasteiger partial charge >= 0.3 is 0 Å². The highest BCUT2D eigenvalue weighted by Gasteiger charge is 2.02. The smallest absolute Gasteiger partial charge is 0.222 e. The van der Waals surface area contributed by atoms with E-state index in [2.05, 4.69) is 4.98 Å². The average Bonchev–Trinajstić information content (AvgIpc) is 2.32. The monoisotopic (exact) mass is 215 g/mol. The Morgan fingerprint density at radius 3 is 2.44 bits per heavy atom. The van der Waals surface area contributed by atoms with Gasteiger partial charge in [-0.3, -0.25) is 0 Å². The standard InChI is InChI=1S/C13H13NO2/c1-10-6-3-4-7-11(10)16-13-9-5-8-12(14-13)15-2/h3-9H,1-2H3. The van der Waals surface area contributed by atoms with Crippen molar-refractivity contribution in [1.82, 2.24) is 4.98 Å². The van der Waals surface area contributed by atoms with Crippen LogP contribution in [0.4, 0.5) is 0 Å². The fraction of sp³-hybridized carbons (Fsp3) is 0.154. The zero-order valence-electron chi connectivity index (χ0n) is 9.31. The summed E-state index contributed by atoms with van der Waals surface area (Å²) in [5, 5.41) is 0. The minimum atomic E-state index is 0.536. The van der Waals surface area contributed by atoms with Crippen molar-refractivity contribution in [3.8, 4) is 17.5 Å². The van der Waals surface area contributed by atoms with Gasteiger partial charge < -0.3 is 9.47 Å². The van der Waals surface area contributed by atoms with Crippen LogP contribution in [0.2, 0.25) is 0 Å². The van der Waals surface area contributed by atoms with E-state index < -0.39 is 0 Å². The van der Waals surface area contributed by atoms with Crippen LogP contribution in [-0.2, 0) is 0 Å². The van der Waals surface area contributed by atoms with Gasteiger partial charge in [-0.25, -0.2) is 0 Å². The Labute approximate surface area is 94.7 Å². The summed E-state index contributed by atoms with van der Waals surface area (Å²) >= 11 is 0. The topological polar surface area (TPSA) is 31.4 Å². The molecule has 0 aliphatic rings. The van der Waals surface area contributed by atoms with Gasteiger partial charge in [0.15, 0.2) is 0 Å². The van der Waals surface area contributed by atoms with Crippen molar-refractivity contribution < 1.29 is 9.47 Å². The van der Waals surface area contributed by atoms with Gasteiger partial charge in [-0.05, 0) is 18.6 Å². The Balaban J connectivity index is 2.24. The highest BCUT2D eigenvalue weighted by Crippen LogP contribution is 2.24. The number of hydrogen-bond donors (Lipinski definition) is 0. The third kappa shape index (κ3) is 2.31. The second kappa shape index (κ2) is 4.66. The van der Waals surface area contributed by atoms with Crippen molar-refractivity contribution in [2.75, 3.05) is 7.11 Å². The van der Waals surface area contributed by atoms with E-state index in [0.29, 0.717) is 11.8 Å². The fourth-order valence-corrected chi connectivity index (χ4v) is 1.35. The normalized spacial score (nSPS) is 9.88. The summed E-state index contributed by atoms with van der Waals surface area (Å²) in [6.07, 6.45) is 0. The van der Waals surface area contributed by atoms with Gasteiger partial charge in [0.1, 0.15) is 5.75 Å². The maximum atomic E-state index is 5.66. The second-order valence-electron chi connectivity index (χ2n) is 3.39. The summed E-state index contributed by atoms with van der Waals surface area (Å²) in [5.41, 5.74) is 1.08. The van der Waals surface area contributed by atoms with Crippen molar-refractivity contribution in [3.05, 3.63) is 48.0 Å². The summed E-state index contributed by atoms with van der Waals surface area (Å²) in [4.78, 5) is 4.18. The first-order chi connectivity index (χ1) is 7.79. The van der Waals surface area contributed by atoms with Crippen LogP contribution in [0, 0.1) is 6.92 Å². The van der Waals surface area contributed by atoms with Crippen LogP contribution >= 0.6 is 0 Å². The van der Waals surface area contributed by atoms with Gasteiger partial charge in [-0.1, -0.05) is 24.3 Å². The Morgan fingerprint density at radius 1 is 0.938 bits per heavy atom. The number of methoxy groups -OCH3 is 1. The predicted octanol–water partition coefficient (Wildman–Crippen LogP) is 3.19. The van der Waals surface area contributed by atoms with Crippen molar-refractivity contribution in [2.24, 2.45) is 0 Å². The quantitative estimate of drug-likeness (QED) is 0.787. The van der Waals surface area contributed by atoms with Crippen LogP contribution in [0.15, 0.2) is 42.5 Å². The van der Waals surface area contributed by atoms with Gasteiger partial charge in [-0.2, -0.15) is 4.98 Å². The molecule has 0 N–H and O–H groups in total. The molecule has 0 atom stereocenters. The molecule has 0 amide bonds. The molecule has 0 saturated carbocycles. The first kappa shape index (κ1) is 10.5. The van der Waals surface area contributed by atoms with Gasteiger partial charge in [-0.15, -0.1) is 0 Å². The number of hydrogen-bond acceptors (Lipinski definition) is 3. The van der Waals surface area contributed by atoms with Crippen molar-refractivity contribution in [2.45, 2.75) is 6.92 Å². The Bertz CT molecular complexity index is 483. The molecule has 0 radical (unpaired) electrons. The molecule has 16 heavy (non-hydrogen) atoms. The molecule has 82 valence electrons. The maximum Gasteiger partial charge on any atom is 0.222 e. The molecule has 0 aliphatic carbocycles. The minimum Gasteiger partial charge on any atom is -0.481 e. The van der Waals surface area contributed by atoms with Crippen LogP contribution in [-0.4, -0.2) is 12.1 Å². The third-order valence-corrected chi connectivity index (χ3v) is 2.22. The number of ether oxygens (including phenoxy) is 2. The van der Waals surface area contributed by atoms with Gasteiger partial charge in [0.05, 0.1) is 7.11 Å². The van der Waals surface area contributed by atoms with Crippen molar-refractivity contribution in [3.63, 3.8) is 0 Å². The number of aromatic nitrogens is 1. The van der Waals surface area contributed by atoms with Crippen molar-refractivity contribution in [1.29, 1.82) is 0 Å². The zero-order valence-corrected chi connectivity index (χ0v) is 9.31. The highest BCUT2D eigenvalue weighted by molar-refractivity contribution is 5.35. The molecule has 3 heteroatoms. The van der Waals surface area contributed by atoms with E-state index in [1.165, 1.54) is 0 Å². The van der Waals surface area contributed by atoms with E-state index in [9.17, 15) is 0 Å². The summed E-state index contributed by atoms with van der Waals surface area (Å²) in [6, 6.07) is 13.2. The highest BCUT2D eigenvalue weighted by atomic mass is 16.5. The first-order valence-electron chi connectivity index (χ1n) is 5.04. The molecule has 2 aromatic rings. The first-order valence-corrected chi connectivity index (χ1v) is 5.04. The summed E-state index contributed by atoms with van der Waals surface area (Å²) in [7, 11) is 1.58. The van der Waals surface area contributed by atoms with E-state index in [1.807, 2.05) is 37.3 Å². The number of nitrogens with zero attached hydrogens (tertiary/aromatic N) is 1. The number of aryl methyl sites for hydroxylation is 1. The maximum absolute atomic E-state index is 5.66. The number of para-hydroxylation sites is 1. The summed E-state index contributed by atoms with van der Waals surface area (Å²) in [6.45, 7) is 2.00. The molecule has 0 aliphatic heterocycles. The molecule has 0 bridgehead atoms. The van der Waals surface area contributed by atoms with Crippen LogP contribution in [0.3, 0.4) is 0 Å². The van der Waals surface area contributed by atoms with E-state index in [4.69, 9.17) is 9.47 Å². The van der Waals surface area contributed by atoms with E-state index in [1.54, 1.807) is 19.2 Å². The van der Waals surface area contributed by atoms with Crippen LogP contribution in [0.5, 0.6) is 17.5 Å². The van der Waals surface area contributed by atoms with Crippen molar-refractivity contribution >= 4 is 0 Å². The van der Waals surface area contributed by atoms with E-state index in [0.717, 1.165) is 11.3 Å². The molecule has 3 nitrogen and oxygen atoms in total. The number of benzene rings is 1. The van der Waals surface area contributed by atoms with Gasteiger partial charge in [0.25, 0.3) is 0 Å². The van der Waals surface area contributed by atoms with Crippen LogP contribution < -0.4 is 9.47 Å². The van der Waals surface area contributed by atoms with Gasteiger partial charge in [0.2, 0.25) is 11.8 Å². The predicted molar refractivity (Wildman–Crippen MR) is 62.0 cm³/mol. The zero-order chi connectivity index (χ0) is 11.4. The van der Waals surface area contributed by atoms with E-state index >= 15 is 0 Å². The fourth-order valence-electron chi connectivity index (χ4n) is 1.35. The lowest BCUT2D eigenvalue weighted by Crippen LogP contribution is -1.92. The lowest BCUT2D eigenvalue weighted by atomic mass is 10.2. The SMILES string of the molecule is COc1cccc(Oc2ccccc2C)n1. The lowest BCUT2D eigenvalue weighted by molar-refractivity contribution is 0.383. The largest absolute Gasteiger partial charge is 0.481 e. The molecule has 0 unspecified atom stereocenters. The van der Waals surface area contributed by atoms with E-state index in [-0.39, 0.29) is 0 Å². The Hall–Kier alpha value is -2.03. The molecule has 1 aromatic carbocycles. The average molecular weight is 215 g/mol. The third-order valence-electron chi connectivity index (χ3n) is 2.22. The van der Waals surface area contributed by atoms with Gasteiger partial charge in [0, 0.05) is 12.1 Å². The molecule has 1 heterocycles. The molecule has 1 aromatic heterocycles. The summed E-state index contributed by atoms with van der Waals surface area (Å²) in [5.74, 6) is 1.89. The molecular formula is C13H13NO2. The molecule has 0 saturated heterocycles. The summed E-state index contributed by atoms with van der Waals surface area (Å²) < 4.78 is 10.7. The minimum absolute atomic E-state index is 0.536. The van der Waals surface area contributed by atoms with Crippen LogP contribution in [0.25, 0.3) is 0 Å². The Morgan fingerprint density at radius 2 is 1.69 bits per heavy atom. The number of pyridine rings is 1. The molecule has 2 rings (SSSR count). The molecular weight excluding hydrogens is 202 g/mol. The van der Waals surface area contributed by atoms with Crippen LogP contribution in [0.1, 0.15) is 5.56 Å². The lowest BCUT2D eigenvalue weighted by Gasteiger charge is -2.07. The number of rotatable bonds is 3. The second-order valence-corrected chi connectivity index (χ2v) is 3.39. The molecule has 0 fully saturated rings. The Kier molecular flexibility index (Phi) is 3.05. The molecule has 0 spiro atoms.